The highest BCUT2D eigenvalue weighted by Gasteiger charge is 2.00. The number of carboxylic acids is 1. The second kappa shape index (κ2) is 16.2. The third-order valence-corrected chi connectivity index (χ3v) is 4.23. The molecule has 0 aliphatic rings. The summed E-state index contributed by atoms with van der Waals surface area (Å²) in [5, 5.41) is 24.1. The Morgan fingerprint density at radius 3 is 1.53 bits per heavy atom. The molecule has 0 saturated heterocycles. The quantitative estimate of drug-likeness (QED) is 0.0698. The lowest BCUT2D eigenvalue weighted by atomic mass is 10.1. The van der Waals surface area contributed by atoms with Gasteiger partial charge in [0.05, 0.1) is 11.5 Å². The van der Waals surface area contributed by atoms with Gasteiger partial charge in [-0.25, -0.2) is 10.6 Å². The van der Waals surface area contributed by atoms with Crippen molar-refractivity contribution < 1.29 is 57.9 Å². The van der Waals surface area contributed by atoms with Crippen LogP contribution < -0.4 is 44.3 Å². The van der Waals surface area contributed by atoms with Crippen LogP contribution in [0.5, 0.6) is 0 Å². The van der Waals surface area contributed by atoms with Crippen LogP contribution in [0.1, 0.15) is 36.6 Å². The Hall–Kier alpha value is -4.45. The van der Waals surface area contributed by atoms with Crippen molar-refractivity contribution in [2.24, 2.45) is 5.10 Å². The summed E-state index contributed by atoms with van der Waals surface area (Å²) >= 11 is 0. The van der Waals surface area contributed by atoms with Crippen LogP contribution in [-0.4, -0.2) is 29.5 Å². The summed E-state index contributed by atoms with van der Waals surface area (Å²) in [5.41, 5.74) is 1.66. The van der Waals surface area contributed by atoms with Gasteiger partial charge in [-0.1, -0.05) is 57.9 Å². The summed E-state index contributed by atoms with van der Waals surface area (Å²) in [6.45, 7) is 0. The minimum Gasteiger partial charge on any atom is -1.00 e. The molecule has 9 nitrogen and oxygen atoms in total. The zero-order valence-electron chi connectivity index (χ0n) is 18.9. The highest BCUT2D eigenvalue weighted by molar-refractivity contribution is 5.91. The lowest BCUT2D eigenvalue weighted by Gasteiger charge is -2.06. The Labute approximate surface area is 224 Å². The average molecular weight is 598 g/mol. The van der Waals surface area contributed by atoms with Crippen molar-refractivity contribution in [3.63, 3.8) is 0 Å². The van der Waals surface area contributed by atoms with E-state index >= 15 is 0 Å². The first-order valence-electron chi connectivity index (χ1n) is 10.2. The molecule has 0 aliphatic heterocycles. The second-order valence-electron chi connectivity index (χ2n) is 6.77. The molecular weight excluding hydrogens is 575 g/mol. The van der Waals surface area contributed by atoms with Crippen LogP contribution in [-0.2, 0) is 0 Å². The molecule has 0 spiro atoms. The number of halogens is 1. The van der Waals surface area contributed by atoms with Gasteiger partial charge in [0.1, 0.15) is 12.6 Å². The Kier molecular flexibility index (Phi) is 13.3. The third kappa shape index (κ3) is 10.7. The van der Waals surface area contributed by atoms with Crippen molar-refractivity contribution in [2.75, 3.05) is 5.84 Å². The van der Waals surface area contributed by atoms with E-state index in [9.17, 15) is 19.5 Å². The molecule has 4 rings (SSSR count). The minimum atomic E-state index is -0.984. The molecule has 10 heteroatoms. The number of hydrogen-bond donors (Lipinski definition) is 2. The summed E-state index contributed by atoms with van der Waals surface area (Å²) in [7, 11) is 0. The highest BCUT2D eigenvalue weighted by Crippen LogP contribution is 2.02. The fourth-order valence-corrected chi connectivity index (χ4v) is 2.44. The highest BCUT2D eigenvalue weighted by atomic mass is 127. The maximum atomic E-state index is 11.7. The third-order valence-electron chi connectivity index (χ3n) is 4.23. The number of carboxylic acid groups (broad SMARTS) is 1. The Morgan fingerprint density at radius 1 is 0.750 bits per heavy atom. The molecule has 0 radical (unpaired) electrons. The number of pyridine rings is 2. The molecule has 36 heavy (non-hydrogen) atoms. The number of carbonyl (C=O) groups excluding carboxylic acids is 2. The summed E-state index contributed by atoms with van der Waals surface area (Å²) in [5.74, 6) is 3.94. The maximum Gasteiger partial charge on any atom is 0.335 e. The first-order valence-corrected chi connectivity index (χ1v) is 10.2. The predicted molar refractivity (Wildman–Crippen MR) is 126 cm³/mol. The van der Waals surface area contributed by atoms with Gasteiger partial charge in [-0.05, 0) is 22.8 Å². The van der Waals surface area contributed by atoms with Gasteiger partial charge in [0.2, 0.25) is 12.4 Å². The van der Waals surface area contributed by atoms with Crippen LogP contribution in [0, 0.1) is 0 Å². The molecule has 0 saturated carbocycles. The maximum absolute atomic E-state index is 11.7. The van der Waals surface area contributed by atoms with Crippen LogP contribution >= 0.6 is 0 Å². The van der Waals surface area contributed by atoms with Crippen molar-refractivity contribution in [1.29, 1.82) is 0 Å². The zero-order chi connectivity index (χ0) is 25.5. The van der Waals surface area contributed by atoms with E-state index in [0.29, 0.717) is 23.0 Å². The monoisotopic (exact) mass is 598 g/mol. The molecule has 3 N–H and O–H groups in total. The van der Waals surface area contributed by atoms with E-state index in [1.807, 2.05) is 24.3 Å². The molecule has 0 atom stereocenters. The molecule has 2 heterocycles. The largest absolute Gasteiger partial charge is 1.00 e. The Morgan fingerprint density at radius 2 is 1.17 bits per heavy atom. The smallest absolute Gasteiger partial charge is 0.335 e. The molecule has 0 fully saturated rings. The SMILES string of the molecule is N[n+]1ccccc1.O=Cc1ccc(C(=O)O)cc1.O=Cc1ccc(C([O-])=N[n+]2ccccc2)cc1.[I-]. The normalized spacial score (nSPS) is 9.72. The molecule has 184 valence electrons. The van der Waals surface area contributed by atoms with Gasteiger partial charge in [0, 0.05) is 35.4 Å². The van der Waals surface area contributed by atoms with Crippen LogP contribution in [0.25, 0.3) is 0 Å². The van der Waals surface area contributed by atoms with E-state index in [4.69, 9.17) is 10.9 Å². The number of nitrogen functional groups attached to an aromatic ring is 1. The van der Waals surface area contributed by atoms with E-state index in [-0.39, 0.29) is 35.4 Å². The van der Waals surface area contributed by atoms with Crippen LogP contribution in [0.2, 0.25) is 0 Å². The Balaban J connectivity index is 0.000000293. The van der Waals surface area contributed by atoms with Crippen molar-refractivity contribution in [3.8, 4) is 0 Å². The standard InChI is InChI=1S/C13H10N2O2.C8H6O3.C5H7N2.HI/c16-10-11-4-6-12(7-5-11)13(17)14-15-8-2-1-3-9-15;9-5-6-1-3-7(4-2-6)8(10)11;6-7-4-2-1-3-5-7;/h1-10H;1-5H,(H,10,11);1-5H,6H2;1H/q;;+1;/p-1. The van der Waals surface area contributed by atoms with Crippen LogP contribution in [0.4, 0.5) is 0 Å². The lowest BCUT2D eigenvalue weighted by Crippen LogP contribution is -3.00. The topological polar surface area (TPSA) is 141 Å². The summed E-state index contributed by atoms with van der Waals surface area (Å²) in [6.07, 6.45) is 8.32. The summed E-state index contributed by atoms with van der Waals surface area (Å²) in [4.78, 5) is 30.9. The fourth-order valence-electron chi connectivity index (χ4n) is 2.44. The van der Waals surface area contributed by atoms with Gasteiger partial charge in [0.15, 0.2) is 12.4 Å². The minimum absolute atomic E-state index is 0. The number of aldehydes is 2. The van der Waals surface area contributed by atoms with Gasteiger partial charge < -0.3 is 34.2 Å². The van der Waals surface area contributed by atoms with E-state index in [0.717, 1.165) is 6.29 Å². The fraction of sp³-hybridized carbons (Fsp3) is 0. The number of nitrogens with two attached hydrogens (primary N) is 1. The molecule has 0 amide bonds. The van der Waals surface area contributed by atoms with Gasteiger partial charge in [-0.3, -0.25) is 9.59 Å². The van der Waals surface area contributed by atoms with Gasteiger partial charge >= 0.3 is 5.97 Å². The second-order valence-corrected chi connectivity index (χ2v) is 6.77. The van der Waals surface area contributed by atoms with E-state index in [1.165, 1.54) is 33.6 Å². The molecule has 2 aromatic carbocycles. The van der Waals surface area contributed by atoms with Crippen molar-refractivity contribution >= 4 is 24.4 Å². The number of aromatic carboxylic acids is 1. The Bertz CT molecular complexity index is 1250. The zero-order valence-corrected chi connectivity index (χ0v) is 21.1. The molecule has 4 aromatic rings. The number of aromatic nitrogens is 2. The van der Waals surface area contributed by atoms with E-state index in [1.54, 1.807) is 61.2 Å². The number of rotatable bonds is 5. The first-order chi connectivity index (χ1) is 16.9. The molecule has 0 bridgehead atoms. The van der Waals surface area contributed by atoms with Crippen molar-refractivity contribution in [1.82, 2.24) is 0 Å². The van der Waals surface area contributed by atoms with Crippen LogP contribution in [0.15, 0.2) is 115 Å². The summed E-state index contributed by atoms with van der Waals surface area (Å²) in [6, 6.07) is 23.2. The average Bonchev–Trinajstić information content (AvgIpc) is 2.90. The number of hydrogen-bond acceptors (Lipinski definition) is 6. The van der Waals surface area contributed by atoms with Crippen LogP contribution in [0.3, 0.4) is 0 Å². The van der Waals surface area contributed by atoms with E-state index < -0.39 is 5.97 Å². The van der Waals surface area contributed by atoms with E-state index in [2.05, 4.69) is 5.10 Å². The molecular formula is C26H23IN4O5. The van der Waals surface area contributed by atoms with Crippen molar-refractivity contribution in [3.05, 3.63) is 132 Å². The van der Waals surface area contributed by atoms with Gasteiger partial charge in [-0.15, -0.1) is 0 Å². The predicted octanol–water partition coefficient (Wildman–Crippen LogP) is -1.75. The molecule has 0 unspecified atom stereocenters. The number of nitrogens with zero attached hydrogens (tertiary/aromatic N) is 3. The van der Waals surface area contributed by atoms with Gasteiger partial charge in [-0.2, -0.15) is 0 Å². The molecule has 2 aromatic heterocycles. The first kappa shape index (κ1) is 29.6. The number of benzene rings is 2. The van der Waals surface area contributed by atoms with Crippen molar-refractivity contribution in [2.45, 2.75) is 0 Å². The van der Waals surface area contributed by atoms with Gasteiger partial charge in [0.25, 0.3) is 0 Å². The lowest BCUT2D eigenvalue weighted by molar-refractivity contribution is -0.681. The molecule has 0 aliphatic carbocycles. The number of carbonyl (C=O) groups is 3. The summed E-state index contributed by atoms with van der Waals surface area (Å²) < 4.78 is 2.94.